The molecule has 0 spiro atoms. The Bertz CT molecular complexity index is 1990. The Morgan fingerprint density at radius 2 is 2.08 bits per heavy atom. The number of halogens is 4. The second-order valence-corrected chi connectivity index (χ2v) is 14.6. The van der Waals surface area contributed by atoms with E-state index < -0.39 is 23.3 Å². The lowest BCUT2D eigenvalue weighted by molar-refractivity contribution is 0.00447. The third kappa shape index (κ3) is 4.94. The molecule has 2 aromatic carbocycles. The molecule has 6 heterocycles. The molecule has 48 heavy (non-hydrogen) atoms. The minimum Gasteiger partial charge on any atom is -0.489 e. The van der Waals surface area contributed by atoms with Crippen LogP contribution >= 0.6 is 22.9 Å². The summed E-state index contributed by atoms with van der Waals surface area (Å²) in [6.45, 7) is 4.65. The second kappa shape index (κ2) is 12.1. The number of thiophene rings is 1. The molecule has 4 aromatic rings. The highest BCUT2D eigenvalue weighted by Crippen LogP contribution is 2.51. The Hall–Kier alpha value is -3.57. The number of hydrogen-bond acceptors (Lipinski definition) is 10. The van der Waals surface area contributed by atoms with Crippen LogP contribution in [0.3, 0.4) is 0 Å². The van der Waals surface area contributed by atoms with Gasteiger partial charge in [0.2, 0.25) is 0 Å². The predicted molar refractivity (Wildman–Crippen MR) is 179 cm³/mol. The van der Waals surface area contributed by atoms with Gasteiger partial charge in [0.15, 0.2) is 11.6 Å². The summed E-state index contributed by atoms with van der Waals surface area (Å²) in [6.07, 6.45) is 3.56. The van der Waals surface area contributed by atoms with Crippen molar-refractivity contribution in [2.45, 2.75) is 69.3 Å². The normalized spacial score (nSPS) is 25.7. The molecular formula is C34H34ClF3N6O3S. The first-order valence-electron chi connectivity index (χ1n) is 16.4. The van der Waals surface area contributed by atoms with Crippen LogP contribution in [0.5, 0.6) is 11.8 Å². The van der Waals surface area contributed by atoms with Crippen molar-refractivity contribution >= 4 is 54.7 Å². The van der Waals surface area contributed by atoms with Crippen LogP contribution in [-0.4, -0.2) is 78.2 Å². The van der Waals surface area contributed by atoms with Gasteiger partial charge in [-0.1, -0.05) is 24.6 Å². The summed E-state index contributed by atoms with van der Waals surface area (Å²) in [4.78, 5) is 13.8. The number of nitrogen functional groups attached to an aromatic ring is 1. The van der Waals surface area contributed by atoms with E-state index in [2.05, 4.69) is 21.7 Å². The highest BCUT2D eigenvalue weighted by molar-refractivity contribution is 7.23. The van der Waals surface area contributed by atoms with Crippen molar-refractivity contribution in [3.63, 3.8) is 0 Å². The molecule has 14 heteroatoms. The summed E-state index contributed by atoms with van der Waals surface area (Å²) in [7, 11) is 0. The Morgan fingerprint density at radius 1 is 1.23 bits per heavy atom. The van der Waals surface area contributed by atoms with Gasteiger partial charge < -0.3 is 24.8 Å². The van der Waals surface area contributed by atoms with Crippen LogP contribution in [0.25, 0.3) is 32.1 Å². The summed E-state index contributed by atoms with van der Waals surface area (Å²) in [6, 6.07) is 4.63. The van der Waals surface area contributed by atoms with Gasteiger partial charge in [-0.2, -0.15) is 15.2 Å². The van der Waals surface area contributed by atoms with E-state index in [1.807, 2.05) is 6.07 Å². The summed E-state index contributed by atoms with van der Waals surface area (Å²) in [5.74, 6) is -0.738. The maximum Gasteiger partial charge on any atom is 0.319 e. The second-order valence-electron chi connectivity index (χ2n) is 13.1. The van der Waals surface area contributed by atoms with E-state index in [0.717, 1.165) is 50.0 Å². The predicted octanol–water partition coefficient (Wildman–Crippen LogP) is 7.01. The largest absolute Gasteiger partial charge is 0.489 e. The molecule has 2 aromatic heterocycles. The number of aromatic nitrogens is 2. The molecule has 3 saturated heterocycles. The van der Waals surface area contributed by atoms with Crippen molar-refractivity contribution in [3.05, 3.63) is 34.4 Å². The number of benzene rings is 2. The zero-order valence-corrected chi connectivity index (χ0v) is 27.9. The summed E-state index contributed by atoms with van der Waals surface area (Å²) in [5.41, 5.74) is 5.71. The molecule has 4 aliphatic heterocycles. The summed E-state index contributed by atoms with van der Waals surface area (Å²) >= 11 is 7.97. The monoisotopic (exact) mass is 698 g/mol. The van der Waals surface area contributed by atoms with Crippen LogP contribution in [0.15, 0.2) is 12.1 Å². The number of nitrogens with zero attached hydrogens (tertiary/aromatic N) is 5. The topological polar surface area (TPSA) is 110 Å². The smallest absolute Gasteiger partial charge is 0.319 e. The fourth-order valence-electron chi connectivity index (χ4n) is 8.17. The number of nitriles is 1. The number of alkyl halides is 1. The lowest BCUT2D eigenvalue weighted by Crippen LogP contribution is -2.44. The first-order chi connectivity index (χ1) is 23.2. The van der Waals surface area contributed by atoms with Crippen LogP contribution in [0.1, 0.15) is 51.0 Å². The van der Waals surface area contributed by atoms with Gasteiger partial charge in [0.1, 0.15) is 47.6 Å². The molecule has 4 atom stereocenters. The highest BCUT2D eigenvalue weighted by Gasteiger charge is 2.49. The maximum atomic E-state index is 17.2. The number of nitrogens with two attached hydrogens (primary N) is 1. The number of fused-ring (bicyclic) bond motifs is 2. The molecule has 0 amide bonds. The molecule has 2 unspecified atom stereocenters. The van der Waals surface area contributed by atoms with Gasteiger partial charge in [0.05, 0.1) is 38.9 Å². The number of hydrogen-bond donors (Lipinski definition) is 1. The molecule has 3 fully saturated rings. The zero-order chi connectivity index (χ0) is 33.3. The van der Waals surface area contributed by atoms with Crippen LogP contribution in [0.2, 0.25) is 5.02 Å². The maximum absolute atomic E-state index is 17.2. The van der Waals surface area contributed by atoms with Crippen molar-refractivity contribution in [3.8, 4) is 29.0 Å². The van der Waals surface area contributed by atoms with E-state index >= 15 is 4.39 Å². The molecule has 252 valence electrons. The molecule has 8 rings (SSSR count). The average Bonchev–Trinajstić information content (AvgIpc) is 3.68. The summed E-state index contributed by atoms with van der Waals surface area (Å²) < 4.78 is 65.5. The number of rotatable bonds is 6. The Kier molecular flexibility index (Phi) is 7.98. The average molecular weight is 699 g/mol. The van der Waals surface area contributed by atoms with Crippen molar-refractivity contribution in [2.75, 3.05) is 50.1 Å². The van der Waals surface area contributed by atoms with E-state index in [4.69, 9.17) is 36.5 Å². The summed E-state index contributed by atoms with van der Waals surface area (Å²) in [5, 5.41) is 10.5. The van der Waals surface area contributed by atoms with Crippen molar-refractivity contribution in [1.29, 1.82) is 5.26 Å². The van der Waals surface area contributed by atoms with Crippen molar-refractivity contribution in [1.82, 2.24) is 14.9 Å². The molecule has 0 aliphatic carbocycles. The Balaban J connectivity index is 1.33. The van der Waals surface area contributed by atoms with Gasteiger partial charge in [-0.15, -0.1) is 11.3 Å². The molecule has 2 N–H and O–H groups in total. The number of ether oxygens (including phenoxy) is 3. The van der Waals surface area contributed by atoms with Gasteiger partial charge in [-0.05, 0) is 50.3 Å². The standard InChI is InChI=1S/C34H34ClF3N6O3S/c1-2-19-12-18(6-10-45-19)44-9-11-46-29-25-28(41-33(42-32(25)44)47-16-34-7-3-8-43(34)15-17(36)13-34)27(38)24(26(29)35)20-4-5-22(37)30-23(20)21(14-39)31(40)48-30/h4-5,17-19H,2-3,6-13,15-16,40H2,1H3/t17-,18?,19?,34+/m1/s1. The molecule has 0 radical (unpaired) electrons. The fraction of sp³-hybridized carbons (Fsp3) is 0.500. The molecule has 9 nitrogen and oxygen atoms in total. The Labute approximate surface area is 284 Å². The van der Waals surface area contributed by atoms with E-state index in [1.165, 1.54) is 12.1 Å². The lowest BCUT2D eigenvalue weighted by Gasteiger charge is -2.37. The Morgan fingerprint density at radius 3 is 2.90 bits per heavy atom. The quantitative estimate of drug-likeness (QED) is 0.227. The fourth-order valence-corrected chi connectivity index (χ4v) is 9.45. The lowest BCUT2D eigenvalue weighted by atomic mass is 9.95. The van der Waals surface area contributed by atoms with Gasteiger partial charge in [-0.3, -0.25) is 4.90 Å². The van der Waals surface area contributed by atoms with Crippen LogP contribution in [0, 0.1) is 23.0 Å². The SMILES string of the molecule is CCC1CC(N2CCOc3c(Cl)c(-c4ccc(F)c5sc(N)c(C#N)c45)c(F)c4nc(OC[C@@]56CCCN5C[C@H](F)C6)nc2c34)CCO1. The zero-order valence-electron chi connectivity index (χ0n) is 26.3. The van der Waals surface area contributed by atoms with E-state index in [9.17, 15) is 14.0 Å². The highest BCUT2D eigenvalue weighted by atomic mass is 35.5. The third-order valence-electron chi connectivity index (χ3n) is 10.5. The van der Waals surface area contributed by atoms with Crippen LogP contribution in [-0.2, 0) is 4.74 Å². The molecule has 0 bridgehead atoms. The minimum atomic E-state index is -0.939. The van der Waals surface area contributed by atoms with Gasteiger partial charge in [0, 0.05) is 36.6 Å². The first-order valence-corrected chi connectivity index (χ1v) is 17.6. The third-order valence-corrected chi connectivity index (χ3v) is 11.8. The molecule has 0 saturated carbocycles. The van der Waals surface area contributed by atoms with Crippen LogP contribution in [0.4, 0.5) is 24.0 Å². The van der Waals surface area contributed by atoms with E-state index in [0.29, 0.717) is 37.3 Å². The first kappa shape index (κ1) is 31.7. The van der Waals surface area contributed by atoms with Crippen molar-refractivity contribution in [2.24, 2.45) is 0 Å². The molecule has 4 aliphatic rings. The number of anilines is 2. The van der Waals surface area contributed by atoms with E-state index in [-0.39, 0.29) is 79.4 Å². The van der Waals surface area contributed by atoms with Gasteiger partial charge in [0.25, 0.3) is 0 Å². The molecular weight excluding hydrogens is 665 g/mol. The van der Waals surface area contributed by atoms with Gasteiger partial charge in [-0.25, -0.2) is 13.2 Å². The van der Waals surface area contributed by atoms with E-state index in [1.54, 1.807) is 0 Å². The van der Waals surface area contributed by atoms with Crippen LogP contribution < -0.4 is 20.1 Å². The van der Waals surface area contributed by atoms with Crippen molar-refractivity contribution < 1.29 is 27.4 Å². The minimum absolute atomic E-state index is 0.0282. The van der Waals surface area contributed by atoms with Gasteiger partial charge >= 0.3 is 6.01 Å².